The van der Waals surface area contributed by atoms with Crippen molar-refractivity contribution in [1.29, 1.82) is 0 Å². The number of hydrogen-bond acceptors (Lipinski definition) is 5. The molecular formula is C21H26BrClN4O2. The summed E-state index contributed by atoms with van der Waals surface area (Å²) < 4.78 is 6.08. The Morgan fingerprint density at radius 2 is 2.03 bits per heavy atom. The maximum atomic E-state index is 12.3. The molecule has 1 amide bonds. The minimum absolute atomic E-state index is 0.232. The minimum Gasteiger partial charge on any atom is -0.445 e. The lowest BCUT2D eigenvalue weighted by Gasteiger charge is -2.31. The van der Waals surface area contributed by atoms with E-state index in [9.17, 15) is 4.79 Å². The van der Waals surface area contributed by atoms with Crippen molar-refractivity contribution < 1.29 is 9.53 Å². The molecule has 1 aliphatic heterocycles. The fraction of sp³-hybridized carbons (Fsp3) is 0.381. The number of benzene rings is 1. The van der Waals surface area contributed by atoms with Gasteiger partial charge in [0.25, 0.3) is 0 Å². The van der Waals surface area contributed by atoms with Crippen molar-refractivity contribution in [3.05, 3.63) is 58.2 Å². The summed E-state index contributed by atoms with van der Waals surface area (Å²) in [6, 6.07) is 9.67. The number of carbonyl (C=O) groups is 1. The highest BCUT2D eigenvalue weighted by Gasteiger charge is 2.26. The maximum Gasteiger partial charge on any atom is 0.410 e. The van der Waals surface area contributed by atoms with E-state index in [0.29, 0.717) is 22.7 Å². The molecule has 1 saturated heterocycles. The molecule has 1 aromatic carbocycles. The topological polar surface area (TPSA) is 57.5 Å². The van der Waals surface area contributed by atoms with E-state index >= 15 is 0 Å². The SMILES string of the molecule is C=C(Br)/C=N\N(C)/C(Cl)=C\C(=NC)C1CCN(C(=O)OCc2ccccc2)CC1. The lowest BCUT2D eigenvalue weighted by atomic mass is 9.92. The summed E-state index contributed by atoms with van der Waals surface area (Å²) in [6.45, 7) is 5.24. The van der Waals surface area contributed by atoms with Crippen molar-refractivity contribution >= 4 is 45.6 Å². The molecule has 0 radical (unpaired) electrons. The van der Waals surface area contributed by atoms with Crippen LogP contribution in [0.1, 0.15) is 18.4 Å². The summed E-state index contributed by atoms with van der Waals surface area (Å²) in [5.41, 5.74) is 1.87. The monoisotopic (exact) mass is 480 g/mol. The Morgan fingerprint density at radius 1 is 1.38 bits per heavy atom. The van der Waals surface area contributed by atoms with Crippen LogP contribution in [0.2, 0.25) is 0 Å². The molecule has 0 aliphatic carbocycles. The number of halogens is 2. The summed E-state index contributed by atoms with van der Waals surface area (Å²) in [4.78, 5) is 18.5. The standard InChI is InChI=1S/C21H26BrClN4O2/c1-16(22)14-25-26(3)20(23)13-19(24-2)18-9-11-27(12-10-18)21(28)29-15-17-7-5-4-6-8-17/h4-8,13-14,18H,1,9-12,15H2,2-3H3/b20-13-,24-19?,25-14-. The smallest absolute Gasteiger partial charge is 0.410 e. The van der Waals surface area contributed by atoms with Crippen LogP contribution in [0, 0.1) is 5.92 Å². The van der Waals surface area contributed by atoms with Crippen molar-refractivity contribution in [3.8, 4) is 0 Å². The molecule has 8 heteroatoms. The van der Waals surface area contributed by atoms with Gasteiger partial charge in [-0.2, -0.15) is 5.10 Å². The van der Waals surface area contributed by atoms with Crippen LogP contribution in [-0.4, -0.2) is 55.1 Å². The van der Waals surface area contributed by atoms with E-state index in [4.69, 9.17) is 16.3 Å². The van der Waals surface area contributed by atoms with Crippen LogP contribution >= 0.6 is 27.5 Å². The third kappa shape index (κ3) is 7.66. The predicted molar refractivity (Wildman–Crippen MR) is 123 cm³/mol. The molecule has 0 aromatic heterocycles. The van der Waals surface area contributed by atoms with Crippen LogP contribution in [0.5, 0.6) is 0 Å². The molecule has 0 spiro atoms. The number of allylic oxidation sites excluding steroid dienone is 2. The second-order valence-corrected chi connectivity index (χ2v) is 8.04. The van der Waals surface area contributed by atoms with Gasteiger partial charge in [-0.1, -0.05) is 48.5 Å². The predicted octanol–water partition coefficient (Wildman–Crippen LogP) is 5.01. The number of piperidine rings is 1. The van der Waals surface area contributed by atoms with Gasteiger partial charge >= 0.3 is 6.09 Å². The fourth-order valence-electron chi connectivity index (χ4n) is 2.95. The van der Waals surface area contributed by atoms with Crippen LogP contribution < -0.4 is 0 Å². The fourth-order valence-corrected chi connectivity index (χ4v) is 3.20. The zero-order valence-corrected chi connectivity index (χ0v) is 19.1. The third-order valence-electron chi connectivity index (χ3n) is 4.58. The van der Waals surface area contributed by atoms with Crippen LogP contribution in [0.4, 0.5) is 4.79 Å². The lowest BCUT2D eigenvalue weighted by Crippen LogP contribution is -2.40. The van der Waals surface area contributed by atoms with Gasteiger partial charge in [-0.15, -0.1) is 0 Å². The Kier molecular flexibility index (Phi) is 9.41. The zero-order chi connectivity index (χ0) is 21.2. The molecule has 0 saturated carbocycles. The Balaban J connectivity index is 1.87. The van der Waals surface area contributed by atoms with E-state index in [1.807, 2.05) is 36.4 Å². The minimum atomic E-state index is -0.278. The van der Waals surface area contributed by atoms with Gasteiger partial charge in [-0.25, -0.2) is 4.79 Å². The van der Waals surface area contributed by atoms with E-state index in [1.165, 1.54) is 0 Å². The van der Waals surface area contributed by atoms with Gasteiger partial charge in [0.15, 0.2) is 0 Å². The number of hydrogen-bond donors (Lipinski definition) is 0. The molecule has 0 atom stereocenters. The first-order valence-electron chi connectivity index (χ1n) is 9.32. The third-order valence-corrected chi connectivity index (χ3v) is 5.14. The Morgan fingerprint density at radius 3 is 2.62 bits per heavy atom. The van der Waals surface area contributed by atoms with Gasteiger partial charge in [0, 0.05) is 43.3 Å². The number of ether oxygens (including phenoxy) is 1. The highest BCUT2D eigenvalue weighted by molar-refractivity contribution is 9.12. The quantitative estimate of drug-likeness (QED) is 0.312. The van der Waals surface area contributed by atoms with Crippen LogP contribution in [0.3, 0.4) is 0 Å². The number of carbonyl (C=O) groups excluding carboxylic acids is 1. The van der Waals surface area contributed by atoms with Crippen molar-refractivity contribution in [2.45, 2.75) is 19.4 Å². The van der Waals surface area contributed by atoms with Gasteiger partial charge in [0.05, 0.1) is 6.21 Å². The largest absolute Gasteiger partial charge is 0.445 e. The average Bonchev–Trinajstić information content (AvgIpc) is 2.74. The van der Waals surface area contributed by atoms with Gasteiger partial charge in [-0.05, 0) is 40.4 Å². The van der Waals surface area contributed by atoms with E-state index in [0.717, 1.165) is 24.1 Å². The molecular weight excluding hydrogens is 456 g/mol. The van der Waals surface area contributed by atoms with E-state index in [-0.39, 0.29) is 18.6 Å². The number of aliphatic imine (C=N–C) groups is 1. The number of likely N-dealkylation sites (tertiary alicyclic amines) is 1. The van der Waals surface area contributed by atoms with Gasteiger partial charge in [0.2, 0.25) is 0 Å². The molecule has 1 fully saturated rings. The Hall–Kier alpha value is -2.12. The first-order valence-corrected chi connectivity index (χ1v) is 10.5. The lowest BCUT2D eigenvalue weighted by molar-refractivity contribution is 0.0865. The number of amides is 1. The molecule has 1 aliphatic rings. The Labute approximate surface area is 185 Å². The number of nitrogens with zero attached hydrogens (tertiary/aromatic N) is 4. The van der Waals surface area contributed by atoms with Crippen molar-refractivity contribution in [2.24, 2.45) is 16.0 Å². The molecule has 6 nitrogen and oxygen atoms in total. The summed E-state index contributed by atoms with van der Waals surface area (Å²) >= 11 is 9.57. The summed E-state index contributed by atoms with van der Waals surface area (Å²) in [5.74, 6) is 0.232. The molecule has 0 bridgehead atoms. The molecule has 1 aromatic rings. The molecule has 1 heterocycles. The van der Waals surface area contributed by atoms with Gasteiger partial charge < -0.3 is 9.64 Å². The van der Waals surface area contributed by atoms with Crippen LogP contribution in [-0.2, 0) is 11.3 Å². The molecule has 29 heavy (non-hydrogen) atoms. The molecule has 156 valence electrons. The van der Waals surface area contributed by atoms with E-state index in [2.05, 4.69) is 32.6 Å². The molecule has 2 rings (SSSR count). The highest BCUT2D eigenvalue weighted by atomic mass is 79.9. The van der Waals surface area contributed by atoms with Crippen molar-refractivity contribution in [2.75, 3.05) is 27.2 Å². The first kappa shape index (κ1) is 23.2. The second kappa shape index (κ2) is 11.8. The van der Waals surface area contributed by atoms with Gasteiger partial charge in [-0.3, -0.25) is 10.0 Å². The van der Waals surface area contributed by atoms with Crippen molar-refractivity contribution in [3.63, 3.8) is 0 Å². The van der Waals surface area contributed by atoms with Crippen LogP contribution in [0.15, 0.2) is 62.7 Å². The molecule has 0 N–H and O–H groups in total. The number of rotatable bonds is 7. The Bertz CT molecular complexity index is 787. The summed E-state index contributed by atoms with van der Waals surface area (Å²) in [5, 5.41) is 6.18. The normalized spacial score (nSPS) is 16.2. The van der Waals surface area contributed by atoms with E-state index in [1.54, 1.807) is 30.2 Å². The maximum absolute atomic E-state index is 12.3. The van der Waals surface area contributed by atoms with Gasteiger partial charge in [0.1, 0.15) is 11.8 Å². The van der Waals surface area contributed by atoms with E-state index < -0.39 is 0 Å². The highest BCUT2D eigenvalue weighted by Crippen LogP contribution is 2.22. The molecule has 0 unspecified atom stereocenters. The second-order valence-electron chi connectivity index (χ2n) is 6.63. The van der Waals surface area contributed by atoms with Crippen LogP contribution in [0.25, 0.3) is 0 Å². The zero-order valence-electron chi connectivity index (χ0n) is 16.7. The van der Waals surface area contributed by atoms with Crippen molar-refractivity contribution in [1.82, 2.24) is 9.91 Å². The average molecular weight is 482 g/mol. The number of hydrazone groups is 1. The summed E-state index contributed by atoms with van der Waals surface area (Å²) in [7, 11) is 3.50. The summed E-state index contributed by atoms with van der Waals surface area (Å²) in [6.07, 6.45) is 4.72. The first-order chi connectivity index (χ1) is 13.9.